The molecule has 3 rings (SSSR count). The van der Waals surface area contributed by atoms with E-state index in [1.165, 1.54) is 6.21 Å². The fourth-order valence-corrected chi connectivity index (χ4v) is 3.12. The quantitative estimate of drug-likeness (QED) is 0.457. The molecular formula is C18H20BrN5O2. The van der Waals surface area contributed by atoms with Crippen molar-refractivity contribution in [3.8, 4) is 0 Å². The van der Waals surface area contributed by atoms with E-state index >= 15 is 0 Å². The molecule has 136 valence electrons. The van der Waals surface area contributed by atoms with E-state index in [0.29, 0.717) is 11.3 Å². The minimum atomic E-state index is -0.325. The lowest BCUT2D eigenvalue weighted by molar-refractivity contribution is -0.384. The van der Waals surface area contributed by atoms with Crippen LogP contribution < -0.4 is 10.3 Å². The summed E-state index contributed by atoms with van der Waals surface area (Å²) in [6.07, 6.45) is 1.50. The van der Waals surface area contributed by atoms with Gasteiger partial charge in [0.25, 0.3) is 0 Å². The monoisotopic (exact) mass is 417 g/mol. The van der Waals surface area contributed by atoms with Gasteiger partial charge in [-0.05, 0) is 43.4 Å². The van der Waals surface area contributed by atoms with Gasteiger partial charge < -0.3 is 9.80 Å². The second-order valence-electron chi connectivity index (χ2n) is 6.14. The Morgan fingerprint density at radius 3 is 2.50 bits per heavy atom. The third kappa shape index (κ3) is 4.39. The van der Waals surface area contributed by atoms with Crippen LogP contribution in [0.15, 0.2) is 52.0 Å². The third-order valence-electron chi connectivity index (χ3n) is 4.31. The van der Waals surface area contributed by atoms with Crippen molar-refractivity contribution in [2.75, 3.05) is 43.6 Å². The highest BCUT2D eigenvalue weighted by Gasteiger charge is 2.25. The summed E-state index contributed by atoms with van der Waals surface area (Å²) < 4.78 is 0.975. The van der Waals surface area contributed by atoms with Crippen LogP contribution in [0.5, 0.6) is 0 Å². The number of nitro groups is 1. The molecule has 1 aliphatic rings. The summed E-state index contributed by atoms with van der Waals surface area (Å²) >= 11 is 3.38. The van der Waals surface area contributed by atoms with E-state index in [0.717, 1.165) is 36.3 Å². The maximum atomic E-state index is 11.7. The molecule has 1 saturated heterocycles. The zero-order chi connectivity index (χ0) is 18.5. The van der Waals surface area contributed by atoms with Crippen molar-refractivity contribution in [2.45, 2.75) is 0 Å². The molecule has 0 saturated carbocycles. The molecule has 2 aromatic rings. The highest BCUT2D eigenvalue weighted by atomic mass is 79.9. The van der Waals surface area contributed by atoms with E-state index in [-0.39, 0.29) is 10.6 Å². The second-order valence-corrected chi connectivity index (χ2v) is 7.05. The molecule has 26 heavy (non-hydrogen) atoms. The largest absolute Gasteiger partial charge is 0.363 e. The SMILES string of the molecule is CN1CCN(c2cccc(C=NNc3ccc(Br)cc3)c2[N+](=O)[O-])CC1. The predicted octanol–water partition coefficient (Wildman–Crippen LogP) is 3.56. The van der Waals surface area contributed by atoms with Crippen molar-refractivity contribution in [2.24, 2.45) is 5.10 Å². The molecule has 0 aromatic heterocycles. The van der Waals surface area contributed by atoms with E-state index in [4.69, 9.17) is 0 Å². The zero-order valence-electron chi connectivity index (χ0n) is 14.4. The Labute approximate surface area is 160 Å². The van der Waals surface area contributed by atoms with Crippen molar-refractivity contribution >= 4 is 39.2 Å². The average molecular weight is 418 g/mol. The van der Waals surface area contributed by atoms with Crippen molar-refractivity contribution in [1.29, 1.82) is 0 Å². The van der Waals surface area contributed by atoms with Crippen LogP contribution in [-0.2, 0) is 0 Å². The molecule has 7 nitrogen and oxygen atoms in total. The molecule has 1 N–H and O–H groups in total. The summed E-state index contributed by atoms with van der Waals surface area (Å²) in [5, 5.41) is 15.9. The summed E-state index contributed by atoms with van der Waals surface area (Å²) in [5.41, 5.74) is 4.93. The van der Waals surface area contributed by atoms with Gasteiger partial charge in [-0.3, -0.25) is 15.5 Å². The number of rotatable bonds is 5. The second kappa shape index (κ2) is 8.29. The fourth-order valence-electron chi connectivity index (χ4n) is 2.86. The summed E-state index contributed by atoms with van der Waals surface area (Å²) in [7, 11) is 2.06. The molecule has 2 aromatic carbocycles. The first-order chi connectivity index (χ1) is 12.5. The van der Waals surface area contributed by atoms with Gasteiger partial charge in [-0.1, -0.05) is 22.0 Å². The van der Waals surface area contributed by atoms with Crippen LogP contribution in [-0.4, -0.2) is 49.3 Å². The number of nitrogens with zero attached hydrogens (tertiary/aromatic N) is 4. The minimum Gasteiger partial charge on any atom is -0.363 e. The lowest BCUT2D eigenvalue weighted by Gasteiger charge is -2.33. The first kappa shape index (κ1) is 18.3. The maximum Gasteiger partial charge on any atom is 0.301 e. The van der Waals surface area contributed by atoms with Gasteiger partial charge in [0.1, 0.15) is 5.69 Å². The number of hydrazone groups is 1. The van der Waals surface area contributed by atoms with Gasteiger partial charge in [0, 0.05) is 30.7 Å². The van der Waals surface area contributed by atoms with E-state index in [1.807, 2.05) is 36.4 Å². The van der Waals surface area contributed by atoms with Crippen molar-refractivity contribution in [1.82, 2.24) is 4.90 Å². The molecule has 1 fully saturated rings. The van der Waals surface area contributed by atoms with Gasteiger partial charge in [0.05, 0.1) is 22.4 Å². The van der Waals surface area contributed by atoms with Crippen molar-refractivity contribution < 1.29 is 4.92 Å². The van der Waals surface area contributed by atoms with E-state index in [9.17, 15) is 10.1 Å². The number of nitrogens with one attached hydrogen (secondary N) is 1. The number of para-hydroxylation sites is 1. The minimum absolute atomic E-state index is 0.0957. The van der Waals surface area contributed by atoms with Gasteiger partial charge in [0.2, 0.25) is 0 Å². The van der Waals surface area contributed by atoms with Gasteiger partial charge in [-0.15, -0.1) is 0 Å². The summed E-state index contributed by atoms with van der Waals surface area (Å²) in [6, 6.07) is 12.9. The Kier molecular flexibility index (Phi) is 5.85. The summed E-state index contributed by atoms with van der Waals surface area (Å²) in [5.74, 6) is 0. The van der Waals surface area contributed by atoms with Crippen LogP contribution in [0.2, 0.25) is 0 Å². The van der Waals surface area contributed by atoms with Crippen LogP contribution in [0.4, 0.5) is 17.1 Å². The lowest BCUT2D eigenvalue weighted by atomic mass is 10.1. The maximum absolute atomic E-state index is 11.7. The van der Waals surface area contributed by atoms with Crippen LogP contribution in [0.1, 0.15) is 5.56 Å². The molecule has 0 aliphatic carbocycles. The first-order valence-corrected chi connectivity index (χ1v) is 9.09. The highest BCUT2D eigenvalue weighted by molar-refractivity contribution is 9.10. The zero-order valence-corrected chi connectivity index (χ0v) is 16.0. The summed E-state index contributed by atoms with van der Waals surface area (Å²) in [6.45, 7) is 3.32. The molecule has 0 spiro atoms. The van der Waals surface area contributed by atoms with E-state index in [2.05, 4.69) is 43.3 Å². The third-order valence-corrected chi connectivity index (χ3v) is 4.84. The molecule has 0 unspecified atom stereocenters. The molecule has 0 bridgehead atoms. The lowest BCUT2D eigenvalue weighted by Crippen LogP contribution is -2.44. The average Bonchev–Trinajstić information content (AvgIpc) is 2.63. The van der Waals surface area contributed by atoms with Gasteiger partial charge in [-0.25, -0.2) is 0 Å². The Morgan fingerprint density at radius 2 is 1.85 bits per heavy atom. The van der Waals surface area contributed by atoms with Crippen LogP contribution in [0, 0.1) is 10.1 Å². The summed E-state index contributed by atoms with van der Waals surface area (Å²) in [4.78, 5) is 15.7. The normalized spacial score (nSPS) is 15.4. The highest BCUT2D eigenvalue weighted by Crippen LogP contribution is 2.31. The molecule has 0 radical (unpaired) electrons. The number of halogens is 1. The first-order valence-electron chi connectivity index (χ1n) is 8.30. The number of hydrogen-bond acceptors (Lipinski definition) is 6. The topological polar surface area (TPSA) is 74.0 Å². The van der Waals surface area contributed by atoms with Crippen LogP contribution in [0.3, 0.4) is 0 Å². The Balaban J connectivity index is 1.82. The fraction of sp³-hybridized carbons (Fsp3) is 0.278. The standard InChI is InChI=1S/C18H20BrN5O2/c1-22-9-11-23(12-10-22)17-4-2-3-14(18(17)24(25)26)13-20-21-16-7-5-15(19)6-8-16/h2-8,13,21H,9-12H2,1H3. The smallest absolute Gasteiger partial charge is 0.301 e. The number of benzene rings is 2. The molecule has 1 heterocycles. The number of anilines is 2. The number of likely N-dealkylation sites (N-methyl/N-ethyl adjacent to an activating group) is 1. The van der Waals surface area contributed by atoms with Gasteiger partial charge in [0.15, 0.2) is 0 Å². The Morgan fingerprint density at radius 1 is 1.15 bits per heavy atom. The molecule has 1 aliphatic heterocycles. The van der Waals surface area contributed by atoms with E-state index in [1.54, 1.807) is 6.07 Å². The Hall–Kier alpha value is -2.45. The van der Waals surface area contributed by atoms with Crippen LogP contribution >= 0.6 is 15.9 Å². The molecule has 0 atom stereocenters. The molecule has 8 heteroatoms. The van der Waals surface area contributed by atoms with Gasteiger partial charge in [-0.2, -0.15) is 5.10 Å². The van der Waals surface area contributed by atoms with Crippen LogP contribution in [0.25, 0.3) is 0 Å². The van der Waals surface area contributed by atoms with Crippen molar-refractivity contribution in [3.05, 3.63) is 62.6 Å². The number of hydrogen-bond donors (Lipinski definition) is 1. The number of piperazine rings is 1. The van der Waals surface area contributed by atoms with Crippen molar-refractivity contribution in [3.63, 3.8) is 0 Å². The van der Waals surface area contributed by atoms with E-state index < -0.39 is 0 Å². The predicted molar refractivity (Wildman–Crippen MR) is 108 cm³/mol. The molecule has 0 amide bonds. The molecular weight excluding hydrogens is 398 g/mol. The number of nitro benzene ring substituents is 1. The Bertz CT molecular complexity index is 802. The van der Waals surface area contributed by atoms with Gasteiger partial charge >= 0.3 is 5.69 Å².